The molecule has 12 rings (SSSR count). The van der Waals surface area contributed by atoms with Crippen molar-refractivity contribution < 1.29 is 27.9 Å². The Morgan fingerprint density at radius 2 is 0.884 bits per heavy atom. The number of carbonyl (C=O) groups excluding carboxylic acids is 3. The van der Waals surface area contributed by atoms with Gasteiger partial charge in [-0.2, -0.15) is 15.3 Å². The van der Waals surface area contributed by atoms with Gasteiger partial charge in [-0.15, -0.1) is 0 Å². The van der Waals surface area contributed by atoms with Gasteiger partial charge in [0.25, 0.3) is 40.8 Å². The van der Waals surface area contributed by atoms with Crippen LogP contribution in [0.4, 0.5) is 26.4 Å². The van der Waals surface area contributed by atoms with Gasteiger partial charge in [0.15, 0.2) is 17.1 Å². The number of rotatable bonds is 9. The molecule has 0 aliphatic carbocycles. The number of nitrogens with zero attached hydrogens (tertiary/aromatic N) is 17. The van der Waals surface area contributed by atoms with E-state index in [0.717, 1.165) is 23.3 Å². The highest BCUT2D eigenvalue weighted by atomic mass is 19.3. The molecule has 0 N–H and O–H groups in total. The largest absolute Gasteiger partial charge is 0.378 e. The van der Waals surface area contributed by atoms with Crippen LogP contribution >= 0.6 is 0 Å². The highest BCUT2D eigenvalue weighted by Gasteiger charge is 2.30. The van der Waals surface area contributed by atoms with E-state index in [1.165, 1.54) is 27.2 Å². The normalized spacial score (nSPS) is 14.5. The van der Waals surface area contributed by atoms with E-state index in [2.05, 4.69) is 50.0 Å². The van der Waals surface area contributed by atoms with Gasteiger partial charge in [-0.3, -0.25) is 33.8 Å². The van der Waals surface area contributed by atoms with Gasteiger partial charge in [0, 0.05) is 152 Å². The molecule has 0 radical (unpaired) electrons. The highest BCUT2D eigenvalue weighted by Crippen LogP contribution is 2.25. The summed E-state index contributed by atoms with van der Waals surface area (Å²) in [6.45, 7) is 10.8. The van der Waals surface area contributed by atoms with Crippen LogP contribution in [0, 0.1) is 13.8 Å². The first kappa shape index (κ1) is 59.2. The van der Waals surface area contributed by atoms with Crippen LogP contribution in [-0.4, -0.2) is 172 Å². The molecule has 9 aromatic rings. The minimum absolute atomic E-state index is 0.123. The third-order valence-corrected chi connectivity index (χ3v) is 15.1. The van der Waals surface area contributed by atoms with Crippen molar-refractivity contribution in [1.29, 1.82) is 0 Å². The van der Waals surface area contributed by atoms with Crippen molar-refractivity contribution in [3.05, 3.63) is 180 Å². The minimum Gasteiger partial charge on any atom is -0.378 e. The molecular formula is C60H63F2N17O7. The van der Waals surface area contributed by atoms with Gasteiger partial charge < -0.3 is 34.1 Å². The topological polar surface area (TPSA) is 249 Å². The van der Waals surface area contributed by atoms with Crippen molar-refractivity contribution in [2.75, 3.05) is 100 Å². The summed E-state index contributed by atoms with van der Waals surface area (Å²) in [6.07, 6.45) is 1.85. The molecule has 0 bridgehead atoms. The smallest absolute Gasteiger partial charge is 0.275 e. The molecule has 3 aromatic carbocycles. The Kier molecular flexibility index (Phi) is 17.8. The number of ether oxygens (including phenoxy) is 1. The number of amides is 3. The van der Waals surface area contributed by atoms with Crippen LogP contribution in [0.1, 0.15) is 60.5 Å². The zero-order chi connectivity index (χ0) is 60.8. The van der Waals surface area contributed by atoms with Gasteiger partial charge in [0.05, 0.1) is 40.3 Å². The number of pyridine rings is 1. The molecular weight excluding hydrogens is 1110 g/mol. The number of hydrogen-bond donors (Lipinski definition) is 0. The van der Waals surface area contributed by atoms with Crippen LogP contribution in [0.5, 0.6) is 0 Å². The molecule has 0 saturated carbocycles. The lowest BCUT2D eigenvalue weighted by Gasteiger charge is -2.36. The number of halogens is 2. The van der Waals surface area contributed by atoms with Gasteiger partial charge in [0.1, 0.15) is 0 Å². The Labute approximate surface area is 491 Å². The SMILES string of the molecule is COCc1ccnc(N2CCN(C(=O)c3nn(C)c(=O)c4ccccc34)CC2)n1.Cc1cc(C)nc(N2CCN(C(=O)c3nn(C)c(=O)c4ccccc34)CC2)n1.Cn1nc(C(=O)N2CCN(c3cncc(C(F)F)c3)CC2)c2ccccc2c1=O. The molecule has 9 heterocycles. The molecule has 26 heteroatoms. The molecule has 444 valence electrons. The quantitative estimate of drug-likeness (QED) is 0.195. The van der Waals surface area contributed by atoms with E-state index in [-0.39, 0.29) is 45.7 Å². The Morgan fingerprint density at radius 3 is 1.28 bits per heavy atom. The van der Waals surface area contributed by atoms with Crippen LogP contribution < -0.4 is 31.4 Å². The fourth-order valence-electron chi connectivity index (χ4n) is 10.6. The van der Waals surface area contributed by atoms with E-state index >= 15 is 0 Å². The fraction of sp³-hybridized carbons (Fsp3) is 0.333. The van der Waals surface area contributed by atoms with E-state index in [4.69, 9.17) is 4.74 Å². The second-order valence-electron chi connectivity index (χ2n) is 20.8. The summed E-state index contributed by atoms with van der Waals surface area (Å²) in [5.74, 6) is 0.752. The third kappa shape index (κ3) is 12.7. The lowest BCUT2D eigenvalue weighted by Crippen LogP contribution is -2.49. The Bertz CT molecular complexity index is 4170. The summed E-state index contributed by atoms with van der Waals surface area (Å²) in [4.78, 5) is 109. The second kappa shape index (κ2) is 25.9. The predicted octanol–water partition coefficient (Wildman–Crippen LogP) is 4.36. The number of benzene rings is 3. The average molecular weight is 1170 g/mol. The van der Waals surface area contributed by atoms with Gasteiger partial charge >= 0.3 is 0 Å². The predicted molar refractivity (Wildman–Crippen MR) is 319 cm³/mol. The number of methoxy groups -OCH3 is 1. The first-order valence-electron chi connectivity index (χ1n) is 27.8. The van der Waals surface area contributed by atoms with Crippen molar-refractivity contribution in [1.82, 2.24) is 69.0 Å². The fourth-order valence-corrected chi connectivity index (χ4v) is 10.6. The Morgan fingerprint density at radius 1 is 0.500 bits per heavy atom. The number of fused-ring (bicyclic) bond motifs is 3. The number of anilines is 3. The van der Waals surface area contributed by atoms with Gasteiger partial charge in [0.2, 0.25) is 11.9 Å². The third-order valence-electron chi connectivity index (χ3n) is 15.1. The summed E-state index contributed by atoms with van der Waals surface area (Å²) in [6, 6.07) is 26.3. The number of carbonyl (C=O) groups is 3. The molecule has 24 nitrogen and oxygen atoms in total. The van der Waals surface area contributed by atoms with Crippen LogP contribution in [-0.2, 0) is 32.5 Å². The molecule has 0 spiro atoms. The maximum atomic E-state index is 13.1. The van der Waals surface area contributed by atoms with E-state index < -0.39 is 6.43 Å². The zero-order valence-corrected chi connectivity index (χ0v) is 48.4. The van der Waals surface area contributed by atoms with Gasteiger partial charge in [-0.1, -0.05) is 54.6 Å². The van der Waals surface area contributed by atoms with Crippen molar-refractivity contribution in [3.8, 4) is 0 Å². The zero-order valence-electron chi connectivity index (χ0n) is 48.4. The van der Waals surface area contributed by atoms with Crippen molar-refractivity contribution in [3.63, 3.8) is 0 Å². The van der Waals surface area contributed by atoms with Crippen molar-refractivity contribution >= 4 is 67.6 Å². The van der Waals surface area contributed by atoms with E-state index in [1.807, 2.05) is 43.0 Å². The maximum Gasteiger partial charge on any atom is 0.275 e. The Balaban J connectivity index is 0.000000143. The van der Waals surface area contributed by atoms with Crippen LogP contribution in [0.3, 0.4) is 0 Å². The molecule has 6 aromatic heterocycles. The number of aryl methyl sites for hydroxylation is 5. The summed E-state index contributed by atoms with van der Waals surface area (Å²) in [5, 5.41) is 15.8. The number of piperazine rings is 3. The molecule has 0 unspecified atom stereocenters. The molecule has 3 aliphatic rings. The number of aromatic nitrogens is 11. The standard InChI is InChI=1S/C20H19F2N5O2.C20H22N6O3.C20H22N6O2/c1-25-19(28)16-5-3-2-4-15(16)17(24-25)20(29)27-8-6-26(7-9-27)14-10-13(18(21)22)11-23-12-14;1-24-18(27)16-6-4-3-5-15(16)17(23-24)19(28)25-9-11-26(12-10-25)20-21-8-7-14(22-20)13-29-2;1-13-12-14(2)22-20(21-13)26-10-8-25(9-11-26)19(28)17-15-6-4-5-7-16(15)18(27)24(3)23-17/h2-5,10-12,18H,6-9H2,1H3;3-8H,9-13H2,1-2H3;4-7,12H,8-11H2,1-3H3. The van der Waals surface area contributed by atoms with Crippen LogP contribution in [0.2, 0.25) is 0 Å². The summed E-state index contributed by atoms with van der Waals surface area (Å²) >= 11 is 0. The van der Waals surface area contributed by atoms with E-state index in [1.54, 1.807) is 109 Å². The van der Waals surface area contributed by atoms with Crippen molar-refractivity contribution in [2.24, 2.45) is 21.1 Å². The average Bonchev–Trinajstić information content (AvgIpc) is 1.47. The van der Waals surface area contributed by atoms with Gasteiger partial charge in [-0.05, 0) is 50.2 Å². The monoisotopic (exact) mass is 1170 g/mol. The summed E-state index contributed by atoms with van der Waals surface area (Å²) < 4.78 is 34.6. The Hall–Kier alpha value is -9.98. The first-order valence-corrected chi connectivity index (χ1v) is 27.8. The first-order chi connectivity index (χ1) is 41.5. The number of hydrogen-bond acceptors (Lipinski definition) is 18. The minimum atomic E-state index is -2.57. The lowest BCUT2D eigenvalue weighted by molar-refractivity contribution is 0.0732. The van der Waals surface area contributed by atoms with Gasteiger partial charge in [-0.25, -0.2) is 42.8 Å². The van der Waals surface area contributed by atoms with Crippen LogP contribution in [0.25, 0.3) is 32.3 Å². The number of alkyl halides is 2. The molecule has 3 amide bonds. The summed E-state index contributed by atoms with van der Waals surface area (Å²) in [7, 11) is 6.28. The molecule has 3 aliphatic heterocycles. The van der Waals surface area contributed by atoms with E-state index in [9.17, 15) is 37.5 Å². The molecule has 86 heavy (non-hydrogen) atoms. The van der Waals surface area contributed by atoms with Crippen molar-refractivity contribution in [2.45, 2.75) is 26.9 Å². The highest BCUT2D eigenvalue weighted by molar-refractivity contribution is 6.06. The van der Waals surface area contributed by atoms with E-state index in [0.29, 0.717) is 146 Å². The lowest BCUT2D eigenvalue weighted by atomic mass is 10.1. The molecule has 3 saturated heterocycles. The molecule has 3 fully saturated rings. The summed E-state index contributed by atoms with van der Waals surface area (Å²) in [5.41, 5.74) is 3.34. The molecule has 0 atom stereocenters. The van der Waals surface area contributed by atoms with Crippen LogP contribution in [0.15, 0.2) is 124 Å². The maximum absolute atomic E-state index is 13.1. The second-order valence-corrected chi connectivity index (χ2v) is 20.8.